The summed E-state index contributed by atoms with van der Waals surface area (Å²) in [4.78, 5) is 29.3. The first-order chi connectivity index (χ1) is 14.0. The topological polar surface area (TPSA) is 91.6 Å². The molecular weight excluding hydrogens is 368 g/mol. The Bertz CT molecular complexity index is 902. The number of rotatable bonds is 6. The Morgan fingerprint density at radius 1 is 1.14 bits per heavy atom. The van der Waals surface area contributed by atoms with Gasteiger partial charge in [-0.3, -0.25) is 19.5 Å². The zero-order valence-electron chi connectivity index (χ0n) is 17.2. The highest BCUT2D eigenvalue weighted by atomic mass is 16.2. The predicted octanol–water partition coefficient (Wildman–Crippen LogP) is 1.69. The molecular formula is C21H28N6O2. The van der Waals surface area contributed by atoms with Crippen molar-refractivity contribution in [1.82, 2.24) is 25.3 Å². The third kappa shape index (κ3) is 5.01. The van der Waals surface area contributed by atoms with E-state index in [1.807, 2.05) is 42.8 Å². The lowest BCUT2D eigenvalue weighted by Gasteiger charge is -2.25. The number of hydrogen-bond donors (Lipinski definition) is 2. The fourth-order valence-electron chi connectivity index (χ4n) is 3.47. The van der Waals surface area contributed by atoms with E-state index in [2.05, 4.69) is 26.8 Å². The fourth-order valence-corrected chi connectivity index (χ4v) is 3.47. The maximum absolute atomic E-state index is 11.9. The number of carbonyl (C=O) groups is 2. The van der Waals surface area contributed by atoms with Gasteiger partial charge in [-0.05, 0) is 38.0 Å². The van der Waals surface area contributed by atoms with E-state index in [1.165, 1.54) is 4.90 Å². The molecule has 1 aliphatic rings. The van der Waals surface area contributed by atoms with E-state index in [4.69, 9.17) is 0 Å². The molecule has 1 fully saturated rings. The molecule has 0 aliphatic carbocycles. The van der Waals surface area contributed by atoms with Gasteiger partial charge in [0.15, 0.2) is 5.96 Å². The standard InChI is InChI=1S/C21H28N6O2/c1-15-13-16(2)27(25-15)18-8-5-4-7-17(18)14-24-21(22-3)23-11-12-26-19(28)9-6-10-20(26)29/h4-5,7-8,13H,6,9-12,14H2,1-3H3,(H2,22,23,24). The summed E-state index contributed by atoms with van der Waals surface area (Å²) in [5.41, 5.74) is 4.16. The number of nitrogens with zero attached hydrogens (tertiary/aromatic N) is 4. The summed E-state index contributed by atoms with van der Waals surface area (Å²) in [5.74, 6) is 0.430. The zero-order valence-corrected chi connectivity index (χ0v) is 17.2. The average molecular weight is 396 g/mol. The molecule has 0 saturated carbocycles. The second-order valence-electron chi connectivity index (χ2n) is 7.11. The summed E-state index contributed by atoms with van der Waals surface area (Å²) in [6.45, 7) is 5.38. The Morgan fingerprint density at radius 3 is 2.52 bits per heavy atom. The lowest BCUT2D eigenvalue weighted by molar-refractivity contribution is -0.147. The van der Waals surface area contributed by atoms with E-state index in [9.17, 15) is 9.59 Å². The summed E-state index contributed by atoms with van der Waals surface area (Å²) in [6.07, 6.45) is 1.54. The van der Waals surface area contributed by atoms with Crippen molar-refractivity contribution >= 4 is 17.8 Å². The van der Waals surface area contributed by atoms with Gasteiger partial charge >= 0.3 is 0 Å². The quantitative estimate of drug-likeness (QED) is 0.440. The average Bonchev–Trinajstić information content (AvgIpc) is 3.04. The minimum atomic E-state index is -0.0928. The number of aromatic nitrogens is 2. The normalized spacial score (nSPS) is 15.0. The number of para-hydroxylation sites is 1. The van der Waals surface area contributed by atoms with Crippen molar-refractivity contribution in [3.63, 3.8) is 0 Å². The van der Waals surface area contributed by atoms with Crippen molar-refractivity contribution in [2.24, 2.45) is 4.99 Å². The van der Waals surface area contributed by atoms with Gasteiger partial charge in [-0.15, -0.1) is 0 Å². The highest BCUT2D eigenvalue weighted by Crippen LogP contribution is 2.17. The van der Waals surface area contributed by atoms with E-state index in [-0.39, 0.29) is 11.8 Å². The largest absolute Gasteiger partial charge is 0.355 e. The van der Waals surface area contributed by atoms with E-state index in [0.29, 0.717) is 44.9 Å². The lowest BCUT2D eigenvalue weighted by atomic mass is 10.1. The van der Waals surface area contributed by atoms with Crippen molar-refractivity contribution in [2.75, 3.05) is 20.1 Å². The number of aryl methyl sites for hydroxylation is 2. The van der Waals surface area contributed by atoms with Gasteiger partial charge in [-0.2, -0.15) is 5.10 Å². The van der Waals surface area contributed by atoms with Crippen LogP contribution in [-0.2, 0) is 16.1 Å². The molecule has 1 saturated heterocycles. The molecule has 154 valence electrons. The SMILES string of the molecule is CN=C(NCCN1C(=O)CCCC1=O)NCc1ccccc1-n1nc(C)cc1C. The molecule has 2 N–H and O–H groups in total. The third-order valence-corrected chi connectivity index (χ3v) is 4.91. The van der Waals surface area contributed by atoms with Crippen molar-refractivity contribution in [3.05, 3.63) is 47.3 Å². The van der Waals surface area contributed by atoms with Crippen LogP contribution >= 0.6 is 0 Å². The Balaban J connectivity index is 1.58. The molecule has 0 atom stereocenters. The molecule has 0 radical (unpaired) electrons. The van der Waals surface area contributed by atoms with Crippen molar-refractivity contribution in [2.45, 2.75) is 39.7 Å². The minimum absolute atomic E-state index is 0.0928. The highest BCUT2D eigenvalue weighted by molar-refractivity contribution is 5.97. The molecule has 2 amide bonds. The fraction of sp³-hybridized carbons (Fsp3) is 0.429. The van der Waals surface area contributed by atoms with Crippen LogP contribution < -0.4 is 10.6 Å². The molecule has 1 aliphatic heterocycles. The molecule has 1 aromatic carbocycles. The summed E-state index contributed by atoms with van der Waals surface area (Å²) in [6, 6.07) is 10.1. The first-order valence-corrected chi connectivity index (χ1v) is 9.89. The van der Waals surface area contributed by atoms with Crippen LogP contribution in [0.1, 0.15) is 36.2 Å². The first kappa shape index (κ1) is 20.6. The van der Waals surface area contributed by atoms with E-state index < -0.39 is 0 Å². The maximum atomic E-state index is 11.9. The van der Waals surface area contributed by atoms with Gasteiger partial charge in [-0.1, -0.05) is 18.2 Å². The monoisotopic (exact) mass is 396 g/mol. The van der Waals surface area contributed by atoms with E-state index in [0.717, 1.165) is 22.6 Å². The van der Waals surface area contributed by atoms with Gasteiger partial charge in [0.1, 0.15) is 0 Å². The van der Waals surface area contributed by atoms with Crippen LogP contribution in [0.4, 0.5) is 0 Å². The van der Waals surface area contributed by atoms with Crippen LogP contribution in [0, 0.1) is 13.8 Å². The number of likely N-dealkylation sites (tertiary alicyclic amines) is 1. The lowest BCUT2D eigenvalue weighted by Crippen LogP contribution is -2.46. The Hall–Kier alpha value is -3.16. The molecule has 2 heterocycles. The number of nitrogens with one attached hydrogen (secondary N) is 2. The number of guanidine groups is 1. The number of piperidine rings is 1. The molecule has 0 bridgehead atoms. The number of benzene rings is 1. The second-order valence-corrected chi connectivity index (χ2v) is 7.11. The van der Waals surface area contributed by atoms with Crippen LogP contribution in [0.15, 0.2) is 35.3 Å². The van der Waals surface area contributed by atoms with Crippen molar-refractivity contribution < 1.29 is 9.59 Å². The number of imide groups is 1. The van der Waals surface area contributed by atoms with Gasteiger partial charge in [0.2, 0.25) is 11.8 Å². The number of carbonyl (C=O) groups excluding carboxylic acids is 2. The summed E-state index contributed by atoms with van der Waals surface area (Å²) < 4.78 is 1.94. The van der Waals surface area contributed by atoms with Crippen LogP contribution in [0.25, 0.3) is 5.69 Å². The van der Waals surface area contributed by atoms with Gasteiger partial charge < -0.3 is 10.6 Å². The minimum Gasteiger partial charge on any atom is -0.355 e. The van der Waals surface area contributed by atoms with E-state index >= 15 is 0 Å². The zero-order chi connectivity index (χ0) is 20.8. The van der Waals surface area contributed by atoms with Crippen LogP contribution in [0.2, 0.25) is 0 Å². The van der Waals surface area contributed by atoms with Gasteiger partial charge in [0, 0.05) is 45.2 Å². The second kappa shape index (κ2) is 9.36. The van der Waals surface area contributed by atoms with Gasteiger partial charge in [0.25, 0.3) is 0 Å². The third-order valence-electron chi connectivity index (χ3n) is 4.91. The molecule has 0 unspecified atom stereocenters. The first-order valence-electron chi connectivity index (χ1n) is 9.89. The van der Waals surface area contributed by atoms with Crippen LogP contribution in [-0.4, -0.2) is 52.6 Å². The molecule has 8 heteroatoms. The van der Waals surface area contributed by atoms with Gasteiger partial charge in [-0.25, -0.2) is 4.68 Å². The Kier molecular flexibility index (Phi) is 6.64. The molecule has 29 heavy (non-hydrogen) atoms. The van der Waals surface area contributed by atoms with Crippen LogP contribution in [0.5, 0.6) is 0 Å². The van der Waals surface area contributed by atoms with E-state index in [1.54, 1.807) is 7.05 Å². The molecule has 1 aromatic heterocycles. The molecule has 2 aromatic rings. The Morgan fingerprint density at radius 2 is 1.86 bits per heavy atom. The van der Waals surface area contributed by atoms with Gasteiger partial charge in [0.05, 0.1) is 11.4 Å². The smallest absolute Gasteiger partial charge is 0.229 e. The van der Waals surface area contributed by atoms with Crippen molar-refractivity contribution in [3.8, 4) is 5.69 Å². The Labute approximate surface area is 171 Å². The number of amides is 2. The summed E-state index contributed by atoms with van der Waals surface area (Å²) in [7, 11) is 1.69. The number of aliphatic imine (C=N–C) groups is 1. The number of hydrogen-bond acceptors (Lipinski definition) is 4. The summed E-state index contributed by atoms with van der Waals surface area (Å²) >= 11 is 0. The van der Waals surface area contributed by atoms with Crippen molar-refractivity contribution in [1.29, 1.82) is 0 Å². The summed E-state index contributed by atoms with van der Waals surface area (Å²) in [5, 5.41) is 11.0. The highest BCUT2D eigenvalue weighted by Gasteiger charge is 2.25. The maximum Gasteiger partial charge on any atom is 0.229 e. The molecule has 3 rings (SSSR count). The molecule has 0 spiro atoms. The molecule has 8 nitrogen and oxygen atoms in total. The predicted molar refractivity (Wildman–Crippen MR) is 112 cm³/mol. The van der Waals surface area contributed by atoms with Crippen LogP contribution in [0.3, 0.4) is 0 Å².